The average molecular weight is 284 g/mol. The Kier molecular flexibility index (Phi) is 3.53. The Bertz CT molecular complexity index is 675. The smallest absolute Gasteiger partial charge is 0.251 e. The van der Waals surface area contributed by atoms with Crippen molar-refractivity contribution < 1.29 is 9.59 Å². The van der Waals surface area contributed by atoms with E-state index >= 15 is 0 Å². The maximum absolute atomic E-state index is 11.8. The molecule has 1 unspecified atom stereocenters. The molecule has 1 atom stereocenters. The van der Waals surface area contributed by atoms with Gasteiger partial charge in [-0.05, 0) is 17.5 Å². The number of imide groups is 1. The SMILES string of the molecule is NCc1ccc(-c2cnn(C3CCC(=O)NC3=O)c2)cc1. The summed E-state index contributed by atoms with van der Waals surface area (Å²) in [5, 5.41) is 6.59. The molecule has 2 aromatic rings. The van der Waals surface area contributed by atoms with Gasteiger partial charge in [-0.2, -0.15) is 5.10 Å². The molecule has 3 N–H and O–H groups in total. The van der Waals surface area contributed by atoms with Crippen LogP contribution in [0, 0.1) is 0 Å². The number of nitrogens with one attached hydrogen (secondary N) is 1. The summed E-state index contributed by atoms with van der Waals surface area (Å²) in [6.07, 6.45) is 4.38. The first-order chi connectivity index (χ1) is 10.2. The number of benzene rings is 1. The third kappa shape index (κ3) is 2.71. The van der Waals surface area contributed by atoms with Crippen LogP contribution in [0.4, 0.5) is 0 Å². The summed E-state index contributed by atoms with van der Waals surface area (Å²) in [7, 11) is 0. The number of aromatic nitrogens is 2. The predicted octanol–water partition coefficient (Wildman–Crippen LogP) is 0.986. The van der Waals surface area contributed by atoms with Gasteiger partial charge in [-0.1, -0.05) is 24.3 Å². The Morgan fingerprint density at radius 1 is 1.24 bits per heavy atom. The lowest BCUT2D eigenvalue weighted by Gasteiger charge is -2.20. The van der Waals surface area contributed by atoms with E-state index in [1.165, 1.54) is 0 Å². The quantitative estimate of drug-likeness (QED) is 0.822. The van der Waals surface area contributed by atoms with E-state index in [0.717, 1.165) is 16.7 Å². The van der Waals surface area contributed by atoms with Gasteiger partial charge in [-0.15, -0.1) is 0 Å². The summed E-state index contributed by atoms with van der Waals surface area (Å²) in [6.45, 7) is 0.510. The van der Waals surface area contributed by atoms with Crippen LogP contribution in [0.2, 0.25) is 0 Å². The van der Waals surface area contributed by atoms with Gasteiger partial charge in [-0.25, -0.2) is 0 Å². The van der Waals surface area contributed by atoms with Crippen LogP contribution in [0.3, 0.4) is 0 Å². The summed E-state index contributed by atoms with van der Waals surface area (Å²) in [5.74, 6) is -0.514. The third-order valence-corrected chi connectivity index (χ3v) is 3.65. The molecular weight excluding hydrogens is 268 g/mol. The highest BCUT2D eigenvalue weighted by Crippen LogP contribution is 2.23. The zero-order chi connectivity index (χ0) is 14.8. The zero-order valence-electron chi connectivity index (χ0n) is 11.5. The molecule has 0 spiro atoms. The Morgan fingerprint density at radius 3 is 2.67 bits per heavy atom. The molecule has 0 bridgehead atoms. The number of nitrogens with zero attached hydrogens (tertiary/aromatic N) is 2. The van der Waals surface area contributed by atoms with Crippen LogP contribution < -0.4 is 11.1 Å². The lowest BCUT2D eigenvalue weighted by Crippen LogP contribution is -2.41. The monoisotopic (exact) mass is 284 g/mol. The lowest BCUT2D eigenvalue weighted by molar-refractivity contribution is -0.135. The molecule has 0 aliphatic carbocycles. The van der Waals surface area contributed by atoms with Crippen LogP contribution in [0.1, 0.15) is 24.4 Å². The highest BCUT2D eigenvalue weighted by Gasteiger charge is 2.28. The van der Waals surface area contributed by atoms with Crippen molar-refractivity contribution in [3.63, 3.8) is 0 Å². The second-order valence-electron chi connectivity index (χ2n) is 5.08. The minimum atomic E-state index is -0.417. The van der Waals surface area contributed by atoms with Crippen molar-refractivity contribution in [2.24, 2.45) is 5.73 Å². The van der Waals surface area contributed by atoms with E-state index in [0.29, 0.717) is 19.4 Å². The van der Waals surface area contributed by atoms with Crippen molar-refractivity contribution in [1.82, 2.24) is 15.1 Å². The van der Waals surface area contributed by atoms with Crippen molar-refractivity contribution in [1.29, 1.82) is 0 Å². The van der Waals surface area contributed by atoms with Crippen LogP contribution >= 0.6 is 0 Å². The predicted molar refractivity (Wildman–Crippen MR) is 77.0 cm³/mol. The molecule has 21 heavy (non-hydrogen) atoms. The fourth-order valence-corrected chi connectivity index (χ4v) is 2.43. The number of hydrogen-bond donors (Lipinski definition) is 2. The zero-order valence-corrected chi connectivity index (χ0v) is 11.5. The van der Waals surface area contributed by atoms with E-state index in [1.54, 1.807) is 10.9 Å². The molecule has 1 saturated heterocycles. The van der Waals surface area contributed by atoms with Crippen molar-refractivity contribution in [2.75, 3.05) is 0 Å². The Labute approximate surface area is 121 Å². The molecule has 1 aromatic heterocycles. The van der Waals surface area contributed by atoms with Crippen LogP contribution in [0.15, 0.2) is 36.7 Å². The van der Waals surface area contributed by atoms with Crippen LogP contribution in [0.5, 0.6) is 0 Å². The molecule has 1 aliphatic heterocycles. The number of amides is 2. The summed E-state index contributed by atoms with van der Waals surface area (Å²) in [6, 6.07) is 7.49. The molecule has 108 valence electrons. The summed E-state index contributed by atoms with van der Waals surface area (Å²) in [4.78, 5) is 23.0. The molecule has 6 heteroatoms. The normalized spacial score (nSPS) is 18.6. The first-order valence-corrected chi connectivity index (χ1v) is 6.84. The topological polar surface area (TPSA) is 90.0 Å². The molecule has 0 saturated carbocycles. The van der Waals surface area contributed by atoms with Gasteiger partial charge in [0.2, 0.25) is 5.91 Å². The number of rotatable bonds is 3. The Morgan fingerprint density at radius 2 is 2.00 bits per heavy atom. The number of hydrogen-bond acceptors (Lipinski definition) is 4. The molecule has 6 nitrogen and oxygen atoms in total. The summed E-state index contributed by atoms with van der Waals surface area (Å²) >= 11 is 0. The fraction of sp³-hybridized carbons (Fsp3) is 0.267. The van der Waals surface area contributed by atoms with Gasteiger partial charge in [0.05, 0.1) is 6.20 Å². The average Bonchev–Trinajstić information content (AvgIpc) is 2.97. The van der Waals surface area contributed by atoms with E-state index in [4.69, 9.17) is 5.73 Å². The first kappa shape index (κ1) is 13.5. The lowest BCUT2D eigenvalue weighted by atomic mass is 10.1. The van der Waals surface area contributed by atoms with Gasteiger partial charge < -0.3 is 5.73 Å². The van der Waals surface area contributed by atoms with E-state index < -0.39 is 6.04 Å². The van der Waals surface area contributed by atoms with Crippen LogP contribution in [-0.4, -0.2) is 21.6 Å². The van der Waals surface area contributed by atoms with Crippen molar-refractivity contribution >= 4 is 11.8 Å². The fourth-order valence-electron chi connectivity index (χ4n) is 2.43. The second-order valence-corrected chi connectivity index (χ2v) is 5.08. The molecule has 3 rings (SSSR count). The maximum Gasteiger partial charge on any atom is 0.251 e. The molecule has 2 amide bonds. The number of carbonyl (C=O) groups is 2. The molecule has 1 aliphatic rings. The van der Waals surface area contributed by atoms with Gasteiger partial charge in [-0.3, -0.25) is 19.6 Å². The van der Waals surface area contributed by atoms with E-state index in [1.807, 2.05) is 30.5 Å². The van der Waals surface area contributed by atoms with Crippen LogP contribution in [-0.2, 0) is 16.1 Å². The van der Waals surface area contributed by atoms with E-state index in [-0.39, 0.29) is 11.8 Å². The van der Waals surface area contributed by atoms with Crippen LogP contribution in [0.25, 0.3) is 11.1 Å². The summed E-state index contributed by atoms with van der Waals surface area (Å²) in [5.41, 5.74) is 8.60. The minimum absolute atomic E-state index is 0.221. The number of carbonyl (C=O) groups excluding carboxylic acids is 2. The molecule has 1 aromatic carbocycles. The molecule has 2 heterocycles. The van der Waals surface area contributed by atoms with Gasteiger partial charge in [0.25, 0.3) is 5.91 Å². The Hall–Kier alpha value is -2.47. The molecule has 0 radical (unpaired) electrons. The van der Waals surface area contributed by atoms with E-state index in [9.17, 15) is 9.59 Å². The third-order valence-electron chi connectivity index (χ3n) is 3.65. The highest BCUT2D eigenvalue weighted by atomic mass is 16.2. The standard InChI is InChI=1S/C15H16N4O2/c16-7-10-1-3-11(4-2-10)12-8-17-19(9-12)13-5-6-14(20)18-15(13)21/h1-4,8-9,13H,5-7,16H2,(H,18,20,21). The van der Waals surface area contributed by atoms with E-state index in [2.05, 4.69) is 10.4 Å². The number of nitrogens with two attached hydrogens (primary N) is 1. The highest BCUT2D eigenvalue weighted by molar-refractivity contribution is 5.99. The largest absolute Gasteiger partial charge is 0.326 e. The van der Waals surface area contributed by atoms with Gasteiger partial charge in [0, 0.05) is 24.7 Å². The maximum atomic E-state index is 11.8. The van der Waals surface area contributed by atoms with Crippen molar-refractivity contribution in [2.45, 2.75) is 25.4 Å². The van der Waals surface area contributed by atoms with Gasteiger partial charge in [0.1, 0.15) is 6.04 Å². The van der Waals surface area contributed by atoms with Crippen molar-refractivity contribution in [3.8, 4) is 11.1 Å². The van der Waals surface area contributed by atoms with Gasteiger partial charge >= 0.3 is 0 Å². The Balaban J connectivity index is 1.82. The minimum Gasteiger partial charge on any atom is -0.326 e. The second kappa shape index (κ2) is 5.49. The van der Waals surface area contributed by atoms with Gasteiger partial charge in [0.15, 0.2) is 0 Å². The first-order valence-electron chi connectivity index (χ1n) is 6.84. The van der Waals surface area contributed by atoms with Crippen molar-refractivity contribution in [3.05, 3.63) is 42.2 Å². The molecule has 1 fully saturated rings. The molecular formula is C15H16N4O2. The summed E-state index contributed by atoms with van der Waals surface area (Å²) < 4.78 is 1.62. The number of piperidine rings is 1.